The molecule has 1 nitrogen and oxygen atoms in total. The van der Waals surface area contributed by atoms with Crippen LogP contribution in [0.3, 0.4) is 0 Å². The third-order valence-corrected chi connectivity index (χ3v) is 2.45. The molecular weight excluding hydrogens is 418 g/mol. The van der Waals surface area contributed by atoms with Gasteiger partial charge in [0, 0.05) is 58.8 Å². The van der Waals surface area contributed by atoms with Crippen LogP contribution in [0.5, 0.6) is 0 Å². The monoisotopic (exact) mass is 444 g/mol. The van der Waals surface area contributed by atoms with Crippen LogP contribution in [-0.4, -0.2) is 18.0 Å². The van der Waals surface area contributed by atoms with E-state index in [1.54, 1.807) is 0 Å². The summed E-state index contributed by atoms with van der Waals surface area (Å²) in [5, 5.41) is 0. The summed E-state index contributed by atoms with van der Waals surface area (Å²) in [6.07, 6.45) is 3.56. The minimum absolute atomic E-state index is 0. The first-order valence-electron chi connectivity index (χ1n) is 6.19. The quantitative estimate of drug-likeness (QED) is 0.632. The van der Waals surface area contributed by atoms with Crippen LogP contribution in [0.2, 0.25) is 0 Å². The number of hydrogen-bond acceptors (Lipinski definition) is 1. The minimum Gasteiger partial charge on any atom is -0.459 e. The number of aryl methyl sites for hydroxylation is 1. The topological polar surface area (TPSA) is 3.24 Å². The van der Waals surface area contributed by atoms with Gasteiger partial charge < -0.3 is 4.90 Å². The fourth-order valence-corrected chi connectivity index (χ4v) is 1.24. The number of benzene rings is 1. The van der Waals surface area contributed by atoms with Crippen LogP contribution in [0.15, 0.2) is 30.3 Å². The van der Waals surface area contributed by atoms with Crippen LogP contribution in [0.1, 0.15) is 39.2 Å². The Hall–Kier alpha value is 1.13. The van der Waals surface area contributed by atoms with Gasteiger partial charge in [0.1, 0.15) is 0 Å². The molecule has 1 aromatic rings. The van der Waals surface area contributed by atoms with Gasteiger partial charge in [-0.2, -0.15) is 0 Å². The molecule has 0 bridgehead atoms. The molecule has 0 N–H and O–H groups in total. The molecule has 3 heteroatoms. The SMILES string of the molecule is CCC.[Ar].[CH2-]N(C)C(C)CCc1ccccc1.[W]. The summed E-state index contributed by atoms with van der Waals surface area (Å²) in [4.78, 5) is 2.02. The summed E-state index contributed by atoms with van der Waals surface area (Å²) >= 11 is 0. The van der Waals surface area contributed by atoms with E-state index in [-0.39, 0.29) is 58.8 Å². The second-order valence-electron chi connectivity index (χ2n) is 4.34. The third kappa shape index (κ3) is 13.6. The largest absolute Gasteiger partial charge is 0.459 e. The summed E-state index contributed by atoms with van der Waals surface area (Å²) in [5.41, 5.74) is 1.41. The Balaban J connectivity index is -0.000000410. The maximum Gasteiger partial charge on any atom is 0 e. The molecular formula is C15H26ArNW-. The average molecular weight is 444 g/mol. The molecule has 0 saturated heterocycles. The van der Waals surface area contributed by atoms with Crippen molar-refractivity contribution < 1.29 is 58.8 Å². The van der Waals surface area contributed by atoms with E-state index in [0.717, 1.165) is 6.42 Å². The van der Waals surface area contributed by atoms with Crippen molar-refractivity contribution in [3.05, 3.63) is 42.9 Å². The Kier molecular flexibility index (Phi) is 21.7. The first-order valence-corrected chi connectivity index (χ1v) is 6.19. The van der Waals surface area contributed by atoms with Crippen molar-refractivity contribution in [2.24, 2.45) is 0 Å². The maximum atomic E-state index is 3.88. The van der Waals surface area contributed by atoms with Crippen molar-refractivity contribution in [3.8, 4) is 0 Å². The molecule has 0 heterocycles. The molecule has 0 spiro atoms. The van der Waals surface area contributed by atoms with Crippen LogP contribution in [0.25, 0.3) is 0 Å². The van der Waals surface area contributed by atoms with Gasteiger partial charge in [-0.1, -0.05) is 57.5 Å². The van der Waals surface area contributed by atoms with Crippen molar-refractivity contribution in [1.29, 1.82) is 0 Å². The first-order chi connectivity index (χ1) is 7.61. The molecule has 0 amide bonds. The Morgan fingerprint density at radius 2 is 1.61 bits per heavy atom. The van der Waals surface area contributed by atoms with E-state index in [9.17, 15) is 0 Å². The number of rotatable bonds is 4. The molecule has 1 unspecified atom stereocenters. The molecule has 0 aliphatic heterocycles. The van der Waals surface area contributed by atoms with Crippen LogP contribution >= 0.6 is 0 Å². The summed E-state index contributed by atoms with van der Waals surface area (Å²) in [6.45, 7) is 6.45. The van der Waals surface area contributed by atoms with Crippen molar-refractivity contribution in [2.45, 2.75) is 46.1 Å². The maximum absolute atomic E-state index is 3.88. The van der Waals surface area contributed by atoms with E-state index < -0.39 is 0 Å². The van der Waals surface area contributed by atoms with Gasteiger partial charge in [-0.05, 0) is 31.5 Å². The second-order valence-corrected chi connectivity index (χ2v) is 4.34. The van der Waals surface area contributed by atoms with Gasteiger partial charge in [0.2, 0.25) is 0 Å². The van der Waals surface area contributed by atoms with E-state index >= 15 is 0 Å². The van der Waals surface area contributed by atoms with Gasteiger partial charge in [-0.15, -0.1) is 0 Å². The van der Waals surface area contributed by atoms with Crippen molar-refractivity contribution in [3.63, 3.8) is 0 Å². The van der Waals surface area contributed by atoms with E-state index in [4.69, 9.17) is 0 Å². The molecule has 106 valence electrons. The van der Waals surface area contributed by atoms with Crippen LogP contribution in [-0.2, 0) is 27.5 Å². The number of hydrogen-bond donors (Lipinski definition) is 0. The zero-order chi connectivity index (χ0) is 12.4. The third-order valence-electron chi connectivity index (χ3n) is 2.45. The molecule has 0 aliphatic rings. The van der Waals surface area contributed by atoms with Gasteiger partial charge in [0.15, 0.2) is 0 Å². The zero-order valence-corrected chi connectivity index (χ0v) is 15.6. The standard InChI is InChI=1S/C12H18N.C3H8.Ar.W/c1-11(13(2)3)9-10-12-7-5-4-6-8-12;1-3-2;;/h4-8,11H,2,9-10H2,1,3H3;3H2,1-2H3;;/q-1;;;. The molecule has 1 aromatic carbocycles. The van der Waals surface area contributed by atoms with Gasteiger partial charge in [0.05, 0.1) is 0 Å². The van der Waals surface area contributed by atoms with Crippen molar-refractivity contribution in [1.82, 2.24) is 4.90 Å². The van der Waals surface area contributed by atoms with Crippen LogP contribution < -0.4 is 0 Å². The van der Waals surface area contributed by atoms with Gasteiger partial charge in [0.25, 0.3) is 0 Å². The first kappa shape index (κ1) is 24.2. The second kappa shape index (κ2) is 16.2. The van der Waals surface area contributed by atoms with Gasteiger partial charge in [-0.25, -0.2) is 0 Å². The van der Waals surface area contributed by atoms with Gasteiger partial charge >= 0.3 is 0 Å². The van der Waals surface area contributed by atoms with E-state index in [1.807, 2.05) is 11.9 Å². The molecule has 1 atom stereocenters. The molecule has 1 rings (SSSR count). The smallest absolute Gasteiger partial charge is 0 e. The predicted molar refractivity (Wildman–Crippen MR) is 73.3 cm³/mol. The molecule has 0 fully saturated rings. The molecule has 0 radical (unpaired) electrons. The fourth-order valence-electron chi connectivity index (χ4n) is 1.24. The minimum atomic E-state index is 0. The summed E-state index contributed by atoms with van der Waals surface area (Å²) < 4.78 is 0. The average Bonchev–Trinajstić information content (AvgIpc) is 2.28. The normalized spacial score (nSPS) is 10.6. The number of nitrogens with zero attached hydrogens (tertiary/aromatic N) is 1. The Labute approximate surface area is 158 Å². The zero-order valence-electron chi connectivity index (χ0n) is 12.0. The van der Waals surface area contributed by atoms with Crippen molar-refractivity contribution >= 4 is 0 Å². The summed E-state index contributed by atoms with van der Waals surface area (Å²) in [7, 11) is 5.91. The van der Waals surface area contributed by atoms with Gasteiger partial charge in [-0.3, -0.25) is 7.05 Å². The summed E-state index contributed by atoms with van der Waals surface area (Å²) in [5.74, 6) is 0. The Morgan fingerprint density at radius 1 is 1.17 bits per heavy atom. The molecule has 0 saturated carbocycles. The van der Waals surface area contributed by atoms with Crippen LogP contribution in [0, 0.1) is 44.8 Å². The van der Waals surface area contributed by atoms with E-state index in [0.29, 0.717) is 6.04 Å². The van der Waals surface area contributed by atoms with E-state index in [1.165, 1.54) is 18.4 Å². The Bertz CT molecular complexity index is 252. The molecule has 0 aliphatic carbocycles. The van der Waals surface area contributed by atoms with Crippen LogP contribution in [0.4, 0.5) is 0 Å². The molecule has 0 aromatic heterocycles. The molecule has 18 heavy (non-hydrogen) atoms. The van der Waals surface area contributed by atoms with E-state index in [2.05, 4.69) is 58.2 Å². The summed E-state index contributed by atoms with van der Waals surface area (Å²) in [6, 6.07) is 11.1. The van der Waals surface area contributed by atoms with Crippen molar-refractivity contribution in [2.75, 3.05) is 7.05 Å². The Morgan fingerprint density at radius 3 is 2.00 bits per heavy atom. The predicted octanol–water partition coefficient (Wildman–Crippen LogP) is 4.14. The fraction of sp³-hybridized carbons (Fsp3) is 0.533.